The fourth-order valence-corrected chi connectivity index (χ4v) is 3.61. The molecule has 3 nitrogen and oxygen atoms in total. The van der Waals surface area contributed by atoms with Gasteiger partial charge >= 0.3 is 12.1 Å². The normalized spacial score (nSPS) is 15.6. The number of benzene rings is 1. The van der Waals surface area contributed by atoms with E-state index >= 15 is 0 Å². The average molecular weight is 477 g/mol. The van der Waals surface area contributed by atoms with Crippen LogP contribution in [-0.2, 0) is 11.2 Å². The van der Waals surface area contributed by atoms with Crippen molar-refractivity contribution in [2.75, 3.05) is 6.61 Å². The van der Waals surface area contributed by atoms with Crippen LogP contribution < -0.4 is 9.47 Å². The second-order valence-corrected chi connectivity index (χ2v) is 7.10. The Labute approximate surface area is 157 Å². The zero-order valence-electron chi connectivity index (χ0n) is 13.0. The molecule has 1 aromatic rings. The molecule has 2 rings (SSSR count). The summed E-state index contributed by atoms with van der Waals surface area (Å²) < 4.78 is 47.8. The Morgan fingerprint density at radius 3 is 2.50 bits per heavy atom. The maximum Gasteiger partial charge on any atom is 0.422 e. The molecule has 0 spiro atoms. The van der Waals surface area contributed by atoms with E-state index in [1.54, 1.807) is 0 Å². The first kappa shape index (κ1) is 19.6. The van der Waals surface area contributed by atoms with Crippen LogP contribution in [-0.4, -0.2) is 18.8 Å². The largest absolute Gasteiger partial charge is 0.483 e. The van der Waals surface area contributed by atoms with Crippen molar-refractivity contribution in [3.05, 3.63) is 20.2 Å². The zero-order chi connectivity index (χ0) is 17.9. The Bertz CT molecular complexity index is 614. The molecule has 0 aromatic heterocycles. The highest BCUT2D eigenvalue weighted by molar-refractivity contribution is 14.1. The van der Waals surface area contributed by atoms with E-state index in [4.69, 9.17) is 21.1 Å². The number of hydrogen-bond acceptors (Lipinski definition) is 3. The fraction of sp³-hybridized carbons (Fsp3) is 0.562. The third-order valence-corrected chi connectivity index (χ3v) is 5.68. The average Bonchev–Trinajstić information content (AvgIpc) is 3.03. The molecule has 8 heteroatoms. The van der Waals surface area contributed by atoms with Gasteiger partial charge in [-0.1, -0.05) is 31.4 Å². The van der Waals surface area contributed by atoms with Gasteiger partial charge < -0.3 is 9.47 Å². The monoisotopic (exact) mass is 476 g/mol. The van der Waals surface area contributed by atoms with E-state index in [2.05, 4.69) is 0 Å². The summed E-state index contributed by atoms with van der Waals surface area (Å²) in [6.07, 6.45) is -0.464. The SMILES string of the molecule is CCc1c(OC(=O)C2CCCC2)cc(OCC(F)(F)F)c(I)c1Cl. The van der Waals surface area contributed by atoms with Crippen LogP contribution in [0.25, 0.3) is 0 Å². The summed E-state index contributed by atoms with van der Waals surface area (Å²) in [4.78, 5) is 12.2. The Balaban J connectivity index is 2.27. The smallest absolute Gasteiger partial charge is 0.422 e. The summed E-state index contributed by atoms with van der Waals surface area (Å²) in [5, 5.41) is 0.256. The zero-order valence-corrected chi connectivity index (χ0v) is 15.9. The highest BCUT2D eigenvalue weighted by Gasteiger charge is 2.30. The van der Waals surface area contributed by atoms with E-state index in [0.29, 0.717) is 15.6 Å². The van der Waals surface area contributed by atoms with Gasteiger partial charge in [0, 0.05) is 11.6 Å². The molecule has 24 heavy (non-hydrogen) atoms. The summed E-state index contributed by atoms with van der Waals surface area (Å²) in [6.45, 7) is 0.404. The van der Waals surface area contributed by atoms with Gasteiger partial charge in [-0.3, -0.25) is 4.79 Å². The molecule has 0 radical (unpaired) electrons. The molecule has 0 amide bonds. The quantitative estimate of drug-likeness (QED) is 0.318. The molecule has 0 bridgehead atoms. The predicted octanol–water partition coefficient (Wildman–Crippen LogP) is 5.54. The van der Waals surface area contributed by atoms with Crippen LogP contribution in [0.4, 0.5) is 13.2 Å². The van der Waals surface area contributed by atoms with Crippen LogP contribution in [0, 0.1) is 9.49 Å². The maximum atomic E-state index is 12.4. The number of alkyl halides is 3. The molecule has 134 valence electrons. The Hall–Kier alpha value is -0.700. The third-order valence-electron chi connectivity index (χ3n) is 3.88. The van der Waals surface area contributed by atoms with Gasteiger partial charge in [-0.25, -0.2) is 0 Å². The first-order valence-electron chi connectivity index (χ1n) is 7.65. The summed E-state index contributed by atoms with van der Waals surface area (Å²) in [5.74, 6) is -0.380. The lowest BCUT2D eigenvalue weighted by molar-refractivity contribution is -0.153. The second kappa shape index (κ2) is 8.12. The molecule has 0 saturated heterocycles. The third kappa shape index (κ3) is 4.91. The van der Waals surface area contributed by atoms with Crippen molar-refractivity contribution in [3.8, 4) is 11.5 Å². The molecule has 1 saturated carbocycles. The number of esters is 1. The molecule has 0 aliphatic heterocycles. The molecular formula is C16H17ClF3IO3. The minimum Gasteiger partial charge on any atom is -0.483 e. The van der Waals surface area contributed by atoms with Crippen LogP contribution in [0.1, 0.15) is 38.2 Å². The minimum atomic E-state index is -4.46. The molecule has 1 aromatic carbocycles. The van der Waals surface area contributed by atoms with Crippen molar-refractivity contribution < 1.29 is 27.4 Å². The van der Waals surface area contributed by atoms with Gasteiger partial charge in [0.05, 0.1) is 14.5 Å². The van der Waals surface area contributed by atoms with E-state index in [1.165, 1.54) is 6.07 Å². The van der Waals surface area contributed by atoms with Crippen molar-refractivity contribution in [3.63, 3.8) is 0 Å². The highest BCUT2D eigenvalue weighted by Crippen LogP contribution is 2.39. The van der Waals surface area contributed by atoms with Gasteiger partial charge in [-0.05, 0) is 41.9 Å². The minimum absolute atomic E-state index is 0.0376. The standard InChI is InChI=1S/C16H17ClF3IO3/c1-2-10-11(24-15(22)9-5-3-4-6-9)7-12(14(21)13(10)17)23-8-16(18,19)20/h7,9H,2-6,8H2,1H3. The van der Waals surface area contributed by atoms with Gasteiger partial charge in [-0.2, -0.15) is 13.2 Å². The van der Waals surface area contributed by atoms with Crippen LogP contribution in [0.15, 0.2) is 6.07 Å². The Kier molecular flexibility index (Phi) is 6.64. The number of halogens is 5. The van der Waals surface area contributed by atoms with Gasteiger partial charge in [-0.15, -0.1) is 0 Å². The first-order chi connectivity index (χ1) is 11.2. The lowest BCUT2D eigenvalue weighted by atomic mass is 10.1. The topological polar surface area (TPSA) is 35.5 Å². The molecule has 1 aliphatic carbocycles. The summed E-state index contributed by atoms with van der Waals surface area (Å²) >= 11 is 8.07. The molecule has 0 N–H and O–H groups in total. The van der Waals surface area contributed by atoms with E-state index in [-0.39, 0.29) is 28.4 Å². The first-order valence-corrected chi connectivity index (χ1v) is 9.10. The van der Waals surface area contributed by atoms with E-state index < -0.39 is 12.8 Å². The van der Waals surface area contributed by atoms with E-state index in [1.807, 2.05) is 29.5 Å². The number of carbonyl (C=O) groups is 1. The summed E-state index contributed by atoms with van der Waals surface area (Å²) in [6, 6.07) is 1.32. The van der Waals surface area contributed by atoms with Crippen molar-refractivity contribution >= 4 is 40.2 Å². The molecule has 1 aliphatic rings. The number of rotatable bonds is 5. The Morgan fingerprint density at radius 2 is 1.96 bits per heavy atom. The molecule has 1 fully saturated rings. The van der Waals surface area contributed by atoms with Gasteiger partial charge in [0.15, 0.2) is 6.61 Å². The molecular weight excluding hydrogens is 460 g/mol. The number of carbonyl (C=O) groups excluding carboxylic acids is 1. The molecule has 0 atom stereocenters. The predicted molar refractivity (Wildman–Crippen MR) is 92.7 cm³/mol. The molecule has 0 unspecified atom stereocenters. The van der Waals surface area contributed by atoms with Crippen molar-refractivity contribution in [1.82, 2.24) is 0 Å². The second-order valence-electron chi connectivity index (χ2n) is 5.64. The van der Waals surface area contributed by atoms with Crippen LogP contribution in [0.2, 0.25) is 5.02 Å². The van der Waals surface area contributed by atoms with Crippen molar-refractivity contribution in [1.29, 1.82) is 0 Å². The van der Waals surface area contributed by atoms with Crippen LogP contribution in [0.3, 0.4) is 0 Å². The summed E-state index contributed by atoms with van der Waals surface area (Å²) in [5.41, 5.74) is 0.590. The molecule has 0 heterocycles. The fourth-order valence-electron chi connectivity index (χ4n) is 2.66. The lowest BCUT2D eigenvalue weighted by Crippen LogP contribution is -2.21. The summed E-state index contributed by atoms with van der Waals surface area (Å²) in [7, 11) is 0. The van der Waals surface area contributed by atoms with Gasteiger partial charge in [0.2, 0.25) is 0 Å². The highest BCUT2D eigenvalue weighted by atomic mass is 127. The Morgan fingerprint density at radius 1 is 1.33 bits per heavy atom. The van der Waals surface area contributed by atoms with E-state index in [9.17, 15) is 18.0 Å². The van der Waals surface area contributed by atoms with Crippen LogP contribution >= 0.6 is 34.2 Å². The van der Waals surface area contributed by atoms with Crippen molar-refractivity contribution in [2.45, 2.75) is 45.2 Å². The lowest BCUT2D eigenvalue weighted by Gasteiger charge is -2.18. The maximum absolute atomic E-state index is 12.4. The number of hydrogen-bond donors (Lipinski definition) is 0. The van der Waals surface area contributed by atoms with E-state index in [0.717, 1.165) is 25.7 Å². The van der Waals surface area contributed by atoms with Gasteiger partial charge in [0.25, 0.3) is 0 Å². The van der Waals surface area contributed by atoms with Crippen molar-refractivity contribution in [2.24, 2.45) is 5.92 Å². The van der Waals surface area contributed by atoms with Crippen LogP contribution in [0.5, 0.6) is 11.5 Å². The number of ether oxygens (including phenoxy) is 2. The van der Waals surface area contributed by atoms with Gasteiger partial charge in [0.1, 0.15) is 11.5 Å².